The molecular weight excluding hydrogens is 403 g/mol. The fourth-order valence-corrected chi connectivity index (χ4v) is 3.15. The van der Waals surface area contributed by atoms with Gasteiger partial charge in [-0.05, 0) is 30.7 Å². The van der Waals surface area contributed by atoms with Crippen LogP contribution in [0.25, 0.3) is 22.5 Å². The van der Waals surface area contributed by atoms with Gasteiger partial charge in [0.1, 0.15) is 11.6 Å². The van der Waals surface area contributed by atoms with Crippen molar-refractivity contribution in [2.24, 2.45) is 7.05 Å². The minimum atomic E-state index is -0.557. The van der Waals surface area contributed by atoms with Crippen molar-refractivity contribution in [3.8, 4) is 28.8 Å². The average molecular weight is 422 g/mol. The molecule has 4 rings (SSSR count). The van der Waals surface area contributed by atoms with E-state index in [0.29, 0.717) is 42.0 Å². The maximum atomic E-state index is 13.2. The summed E-state index contributed by atoms with van der Waals surface area (Å²) >= 11 is 0. The van der Waals surface area contributed by atoms with Crippen LogP contribution in [0.5, 0.6) is 5.75 Å². The van der Waals surface area contributed by atoms with Crippen molar-refractivity contribution >= 4 is 11.2 Å². The third-order valence-corrected chi connectivity index (χ3v) is 4.61. The Morgan fingerprint density at radius 1 is 1.32 bits per heavy atom. The highest BCUT2D eigenvalue weighted by Gasteiger charge is 2.12. The number of nitrogens with one attached hydrogen (secondary N) is 1. The van der Waals surface area contributed by atoms with E-state index in [1.165, 1.54) is 18.2 Å². The van der Waals surface area contributed by atoms with Crippen LogP contribution in [0.15, 0.2) is 45.9 Å². The first kappa shape index (κ1) is 20.4. The number of rotatable bonds is 6. The lowest BCUT2D eigenvalue weighted by atomic mass is 10.1. The standard InChI is InChI=1S/C22H19FN4O4/c1-27-20(15-10-19-21(24-11-15)26-22(29)31-19)14(12-25-27)5-3-2-4-8-30-18-7-6-17(23)9-16(18)13-28/h6-7,9-12,28H,2,4,8,13H2,1H3,(H,24,26,29). The van der Waals surface area contributed by atoms with E-state index in [1.807, 2.05) is 0 Å². The predicted octanol–water partition coefficient (Wildman–Crippen LogP) is 2.76. The zero-order valence-corrected chi connectivity index (χ0v) is 16.7. The normalized spacial score (nSPS) is 10.8. The summed E-state index contributed by atoms with van der Waals surface area (Å²) in [6.45, 7) is 0.101. The summed E-state index contributed by atoms with van der Waals surface area (Å²) in [6.07, 6.45) is 4.54. The van der Waals surface area contributed by atoms with Gasteiger partial charge in [-0.2, -0.15) is 5.10 Å². The Bertz CT molecular complexity index is 1340. The lowest BCUT2D eigenvalue weighted by molar-refractivity contribution is 0.261. The van der Waals surface area contributed by atoms with Crippen molar-refractivity contribution in [2.75, 3.05) is 6.61 Å². The SMILES string of the molecule is Cn1ncc(C#CCCCOc2ccc(F)cc2CO)c1-c1cnc2[nH]c(=O)oc2c1. The number of fused-ring (bicyclic) bond motifs is 1. The summed E-state index contributed by atoms with van der Waals surface area (Å²) in [5.74, 6) is 5.70. The van der Waals surface area contributed by atoms with Crippen molar-refractivity contribution in [1.29, 1.82) is 0 Å². The molecule has 8 nitrogen and oxygen atoms in total. The lowest BCUT2D eigenvalue weighted by Gasteiger charge is -2.09. The molecule has 0 aliphatic carbocycles. The van der Waals surface area contributed by atoms with Crippen LogP contribution in [0.3, 0.4) is 0 Å². The number of nitrogens with zero attached hydrogens (tertiary/aromatic N) is 3. The zero-order valence-electron chi connectivity index (χ0n) is 16.7. The first-order valence-corrected chi connectivity index (χ1v) is 9.57. The fraction of sp³-hybridized carbons (Fsp3) is 0.227. The number of aliphatic hydroxyl groups is 1. The van der Waals surface area contributed by atoms with Gasteiger partial charge in [-0.15, -0.1) is 0 Å². The minimum absolute atomic E-state index is 0.288. The number of benzene rings is 1. The van der Waals surface area contributed by atoms with E-state index >= 15 is 0 Å². The highest BCUT2D eigenvalue weighted by Crippen LogP contribution is 2.24. The molecule has 3 aromatic heterocycles. The number of unbranched alkanes of at least 4 members (excludes halogenated alkanes) is 1. The van der Waals surface area contributed by atoms with E-state index < -0.39 is 11.6 Å². The summed E-state index contributed by atoms with van der Waals surface area (Å²) < 4.78 is 25.6. The first-order chi connectivity index (χ1) is 15.0. The molecule has 0 bridgehead atoms. The minimum Gasteiger partial charge on any atom is -0.493 e. The summed E-state index contributed by atoms with van der Waals surface area (Å²) in [6, 6.07) is 5.77. The van der Waals surface area contributed by atoms with Gasteiger partial charge in [0.25, 0.3) is 0 Å². The highest BCUT2D eigenvalue weighted by atomic mass is 19.1. The molecular formula is C22H19FN4O4. The molecule has 0 radical (unpaired) electrons. The van der Waals surface area contributed by atoms with Crippen LogP contribution in [-0.2, 0) is 13.7 Å². The number of halogens is 1. The molecule has 0 fully saturated rings. The maximum Gasteiger partial charge on any atom is 0.418 e. The second-order valence-electron chi connectivity index (χ2n) is 6.78. The van der Waals surface area contributed by atoms with Crippen molar-refractivity contribution < 1.29 is 18.7 Å². The number of aliphatic hydroxyl groups excluding tert-OH is 1. The monoisotopic (exact) mass is 422 g/mol. The number of aromatic nitrogens is 4. The molecule has 3 heterocycles. The number of hydrogen-bond acceptors (Lipinski definition) is 6. The number of aryl methyl sites for hydroxylation is 1. The number of ether oxygens (including phenoxy) is 1. The first-order valence-electron chi connectivity index (χ1n) is 9.57. The van der Waals surface area contributed by atoms with Crippen LogP contribution < -0.4 is 10.5 Å². The summed E-state index contributed by atoms with van der Waals surface area (Å²) in [5, 5.41) is 13.6. The molecule has 1 aromatic carbocycles. The molecule has 4 aromatic rings. The lowest BCUT2D eigenvalue weighted by Crippen LogP contribution is -2.00. The van der Waals surface area contributed by atoms with Gasteiger partial charge < -0.3 is 14.3 Å². The second-order valence-corrected chi connectivity index (χ2v) is 6.78. The van der Waals surface area contributed by atoms with Gasteiger partial charge in [-0.25, -0.2) is 14.2 Å². The predicted molar refractivity (Wildman–Crippen MR) is 111 cm³/mol. The third-order valence-electron chi connectivity index (χ3n) is 4.61. The van der Waals surface area contributed by atoms with E-state index in [9.17, 15) is 14.3 Å². The van der Waals surface area contributed by atoms with E-state index in [0.717, 1.165) is 16.8 Å². The third kappa shape index (κ3) is 4.49. The molecule has 0 atom stereocenters. The molecule has 2 N–H and O–H groups in total. The quantitative estimate of drug-likeness (QED) is 0.366. The van der Waals surface area contributed by atoms with E-state index in [2.05, 4.69) is 26.9 Å². The molecule has 0 saturated carbocycles. The summed E-state index contributed by atoms with van der Waals surface area (Å²) in [4.78, 5) is 18.1. The Hall–Kier alpha value is -3.90. The number of oxazole rings is 1. The van der Waals surface area contributed by atoms with Gasteiger partial charge in [0.05, 0.1) is 30.7 Å². The van der Waals surface area contributed by atoms with E-state index in [4.69, 9.17) is 9.15 Å². The molecule has 31 heavy (non-hydrogen) atoms. The van der Waals surface area contributed by atoms with Crippen LogP contribution in [-0.4, -0.2) is 31.5 Å². The van der Waals surface area contributed by atoms with Gasteiger partial charge >= 0.3 is 5.76 Å². The number of pyridine rings is 1. The second kappa shape index (κ2) is 8.85. The molecule has 0 amide bonds. The molecule has 158 valence electrons. The summed E-state index contributed by atoms with van der Waals surface area (Å²) in [7, 11) is 1.80. The number of aromatic amines is 1. The van der Waals surface area contributed by atoms with Gasteiger partial charge in [0.2, 0.25) is 0 Å². The van der Waals surface area contributed by atoms with Crippen LogP contribution in [0.4, 0.5) is 4.39 Å². The van der Waals surface area contributed by atoms with Crippen LogP contribution >= 0.6 is 0 Å². The molecule has 0 spiro atoms. The maximum absolute atomic E-state index is 13.2. The molecule has 0 aliphatic rings. The van der Waals surface area contributed by atoms with Gasteiger partial charge in [-0.3, -0.25) is 9.67 Å². The Morgan fingerprint density at radius 3 is 3.03 bits per heavy atom. The zero-order chi connectivity index (χ0) is 21.8. The van der Waals surface area contributed by atoms with Gasteiger partial charge in [-0.1, -0.05) is 11.8 Å². The fourth-order valence-electron chi connectivity index (χ4n) is 3.15. The topological polar surface area (TPSA) is 106 Å². The average Bonchev–Trinajstić information content (AvgIpc) is 3.31. The van der Waals surface area contributed by atoms with Crippen LogP contribution in [0.2, 0.25) is 0 Å². The highest BCUT2D eigenvalue weighted by molar-refractivity contribution is 5.77. The van der Waals surface area contributed by atoms with Crippen LogP contribution in [0, 0.1) is 17.7 Å². The van der Waals surface area contributed by atoms with Crippen LogP contribution in [0.1, 0.15) is 24.0 Å². The smallest absolute Gasteiger partial charge is 0.418 e. The van der Waals surface area contributed by atoms with Crippen molar-refractivity contribution in [3.63, 3.8) is 0 Å². The van der Waals surface area contributed by atoms with Gasteiger partial charge in [0.15, 0.2) is 11.2 Å². The van der Waals surface area contributed by atoms with Crippen molar-refractivity contribution in [3.05, 3.63) is 64.2 Å². The molecule has 0 unspecified atom stereocenters. The summed E-state index contributed by atoms with van der Waals surface area (Å²) in [5.41, 5.74) is 3.38. The Kier molecular flexibility index (Phi) is 5.82. The van der Waals surface area contributed by atoms with Crippen molar-refractivity contribution in [1.82, 2.24) is 19.7 Å². The van der Waals surface area contributed by atoms with Gasteiger partial charge in [0, 0.05) is 30.8 Å². The molecule has 9 heteroatoms. The number of hydrogen-bond donors (Lipinski definition) is 2. The van der Waals surface area contributed by atoms with E-state index in [-0.39, 0.29) is 6.61 Å². The van der Waals surface area contributed by atoms with E-state index in [1.54, 1.807) is 30.2 Å². The largest absolute Gasteiger partial charge is 0.493 e. The Labute approximate surface area is 176 Å². The molecule has 0 aliphatic heterocycles. The Balaban J connectivity index is 1.41. The Morgan fingerprint density at radius 2 is 2.19 bits per heavy atom. The number of H-pyrrole nitrogens is 1. The molecule has 0 saturated heterocycles. The van der Waals surface area contributed by atoms with Crippen molar-refractivity contribution in [2.45, 2.75) is 19.4 Å².